The molecule has 2 heterocycles. The van der Waals surface area contributed by atoms with Crippen molar-refractivity contribution in [2.75, 3.05) is 24.5 Å². The summed E-state index contributed by atoms with van der Waals surface area (Å²) < 4.78 is 0. The topological polar surface area (TPSA) is 95.6 Å². The van der Waals surface area contributed by atoms with Crippen LogP contribution < -0.4 is 10.6 Å². The molecule has 0 spiro atoms. The summed E-state index contributed by atoms with van der Waals surface area (Å²) in [5.41, 5.74) is 8.98. The number of aliphatic hydroxyl groups is 1. The predicted molar refractivity (Wildman–Crippen MR) is 112 cm³/mol. The lowest BCUT2D eigenvalue weighted by molar-refractivity contribution is -0.133. The van der Waals surface area contributed by atoms with E-state index in [0.717, 1.165) is 29.1 Å². The van der Waals surface area contributed by atoms with Crippen LogP contribution in [0.5, 0.6) is 0 Å². The zero-order valence-corrected chi connectivity index (χ0v) is 17.2. The lowest BCUT2D eigenvalue weighted by Gasteiger charge is -2.41. The van der Waals surface area contributed by atoms with Crippen molar-refractivity contribution in [3.8, 4) is 0 Å². The fourth-order valence-corrected chi connectivity index (χ4v) is 4.40. The Labute approximate surface area is 175 Å². The Bertz CT molecular complexity index is 891. The van der Waals surface area contributed by atoms with Crippen molar-refractivity contribution in [1.29, 1.82) is 0 Å². The van der Waals surface area contributed by atoms with Crippen LogP contribution in [0.15, 0.2) is 30.6 Å². The van der Waals surface area contributed by atoms with E-state index < -0.39 is 12.1 Å². The minimum atomic E-state index is -0.576. The molecule has 2 aliphatic rings. The van der Waals surface area contributed by atoms with E-state index in [1.165, 1.54) is 6.33 Å². The number of hydrogen-bond donors (Lipinski definition) is 2. The van der Waals surface area contributed by atoms with Crippen LogP contribution >= 0.6 is 11.6 Å². The highest BCUT2D eigenvalue weighted by atomic mass is 35.5. The number of anilines is 1. The summed E-state index contributed by atoms with van der Waals surface area (Å²) in [4.78, 5) is 25.7. The fraction of sp³-hybridized carbons (Fsp3) is 0.476. The van der Waals surface area contributed by atoms with Crippen molar-refractivity contribution in [1.82, 2.24) is 14.9 Å². The maximum Gasteiger partial charge on any atom is 0.239 e. The molecule has 29 heavy (non-hydrogen) atoms. The minimum Gasteiger partial charge on any atom is -0.387 e. The van der Waals surface area contributed by atoms with Gasteiger partial charge in [-0.15, -0.1) is 0 Å². The highest BCUT2D eigenvalue weighted by Gasteiger charge is 2.33. The van der Waals surface area contributed by atoms with E-state index in [0.29, 0.717) is 37.5 Å². The van der Waals surface area contributed by atoms with Crippen LogP contribution in [0.2, 0.25) is 5.02 Å². The molecule has 0 radical (unpaired) electrons. The molecule has 1 aromatic heterocycles. The normalized spacial score (nSPS) is 22.5. The van der Waals surface area contributed by atoms with Gasteiger partial charge in [-0.1, -0.05) is 23.7 Å². The van der Waals surface area contributed by atoms with Crippen molar-refractivity contribution >= 4 is 23.3 Å². The summed E-state index contributed by atoms with van der Waals surface area (Å²) in [6.45, 7) is 3.96. The molecule has 1 fully saturated rings. The van der Waals surface area contributed by atoms with Gasteiger partial charge in [0.15, 0.2) is 0 Å². The molecule has 1 aromatic carbocycles. The molecule has 0 saturated carbocycles. The first kappa shape index (κ1) is 20.1. The number of carbonyl (C=O) groups is 1. The summed E-state index contributed by atoms with van der Waals surface area (Å²) in [6.07, 6.45) is 2.98. The van der Waals surface area contributed by atoms with E-state index in [1.54, 1.807) is 0 Å². The molecule has 0 bridgehead atoms. The SMILES string of the molecule is C[C@H]1CN(C(=O)[C@H](N)Cc2ccc(Cl)cc2)CCN1c1ncnc2c1CC[C@H]2O. The third kappa shape index (κ3) is 4.08. The fourth-order valence-electron chi connectivity index (χ4n) is 4.28. The van der Waals surface area contributed by atoms with Gasteiger partial charge in [0.25, 0.3) is 0 Å². The van der Waals surface area contributed by atoms with Crippen LogP contribution in [-0.2, 0) is 17.6 Å². The molecule has 1 amide bonds. The third-order valence-corrected chi connectivity index (χ3v) is 6.09. The van der Waals surface area contributed by atoms with Crippen molar-refractivity contribution in [2.24, 2.45) is 5.73 Å². The summed E-state index contributed by atoms with van der Waals surface area (Å²) in [5, 5.41) is 10.8. The van der Waals surface area contributed by atoms with Crippen LogP contribution in [0.3, 0.4) is 0 Å². The van der Waals surface area contributed by atoms with E-state index in [1.807, 2.05) is 29.2 Å². The first-order valence-corrected chi connectivity index (χ1v) is 10.4. The summed E-state index contributed by atoms with van der Waals surface area (Å²) in [6, 6.07) is 6.96. The number of nitrogens with zero attached hydrogens (tertiary/aromatic N) is 4. The average Bonchev–Trinajstić information content (AvgIpc) is 3.10. The number of aromatic nitrogens is 2. The van der Waals surface area contributed by atoms with Gasteiger partial charge in [-0.3, -0.25) is 4.79 Å². The van der Waals surface area contributed by atoms with Crippen molar-refractivity contribution in [3.05, 3.63) is 52.4 Å². The number of halogens is 1. The second-order valence-electron chi connectivity index (χ2n) is 7.88. The first-order valence-electron chi connectivity index (χ1n) is 10.0. The number of hydrogen-bond acceptors (Lipinski definition) is 6. The number of carbonyl (C=O) groups excluding carboxylic acids is 1. The smallest absolute Gasteiger partial charge is 0.239 e. The molecule has 8 heteroatoms. The first-order chi connectivity index (χ1) is 13.9. The van der Waals surface area contributed by atoms with Crippen molar-refractivity contribution in [2.45, 2.75) is 44.4 Å². The second kappa shape index (κ2) is 8.26. The van der Waals surface area contributed by atoms with E-state index in [9.17, 15) is 9.90 Å². The van der Waals surface area contributed by atoms with Crippen molar-refractivity contribution in [3.63, 3.8) is 0 Å². The second-order valence-corrected chi connectivity index (χ2v) is 8.32. The lowest BCUT2D eigenvalue weighted by atomic mass is 10.0. The van der Waals surface area contributed by atoms with E-state index >= 15 is 0 Å². The summed E-state index contributed by atoms with van der Waals surface area (Å²) in [7, 11) is 0. The monoisotopic (exact) mass is 415 g/mol. The quantitative estimate of drug-likeness (QED) is 0.789. The Hall–Kier alpha value is -2.22. The van der Waals surface area contributed by atoms with Crippen LogP contribution in [0.1, 0.15) is 36.3 Å². The summed E-state index contributed by atoms with van der Waals surface area (Å²) in [5.74, 6) is 0.853. The molecule has 3 N–H and O–H groups in total. The standard InChI is InChI=1S/C21H26ClN5O2/c1-13-11-26(21(29)17(23)10-14-2-4-15(22)5-3-14)8-9-27(13)20-16-6-7-18(28)19(16)24-12-25-20/h2-5,12-13,17-18,28H,6-11,23H2,1H3/t13-,17+,18+/m0/s1. The largest absolute Gasteiger partial charge is 0.387 e. The highest BCUT2D eigenvalue weighted by molar-refractivity contribution is 6.30. The number of fused-ring (bicyclic) bond motifs is 1. The third-order valence-electron chi connectivity index (χ3n) is 5.84. The van der Waals surface area contributed by atoms with Crippen molar-refractivity contribution < 1.29 is 9.90 Å². The number of benzene rings is 1. The number of aliphatic hydroxyl groups excluding tert-OH is 1. The molecule has 0 unspecified atom stereocenters. The Kier molecular flexibility index (Phi) is 5.72. The lowest BCUT2D eigenvalue weighted by Crippen LogP contribution is -2.57. The number of amides is 1. The zero-order chi connectivity index (χ0) is 20.5. The van der Waals surface area contributed by atoms with Gasteiger partial charge in [-0.25, -0.2) is 9.97 Å². The van der Waals surface area contributed by atoms with Gasteiger partial charge >= 0.3 is 0 Å². The predicted octanol–water partition coefficient (Wildman–Crippen LogP) is 1.72. The van der Waals surface area contributed by atoms with Crippen LogP contribution in [0.25, 0.3) is 0 Å². The Balaban J connectivity index is 1.41. The van der Waals surface area contributed by atoms with E-state index in [2.05, 4.69) is 21.8 Å². The van der Waals surface area contributed by atoms with Crippen LogP contribution in [-0.4, -0.2) is 57.6 Å². The van der Waals surface area contributed by atoms with Crippen LogP contribution in [0.4, 0.5) is 5.82 Å². The zero-order valence-electron chi connectivity index (χ0n) is 16.5. The van der Waals surface area contributed by atoms with Gasteiger partial charge in [-0.2, -0.15) is 0 Å². The molecule has 1 aliphatic heterocycles. The van der Waals surface area contributed by atoms with Gasteiger partial charge in [-0.05, 0) is 43.9 Å². The molecule has 1 saturated heterocycles. The Morgan fingerprint density at radius 3 is 2.79 bits per heavy atom. The maximum atomic E-state index is 12.9. The Morgan fingerprint density at radius 2 is 2.07 bits per heavy atom. The molecule has 4 rings (SSSR count). The van der Waals surface area contributed by atoms with Gasteiger partial charge in [0.05, 0.1) is 17.8 Å². The average molecular weight is 416 g/mol. The highest BCUT2D eigenvalue weighted by Crippen LogP contribution is 2.35. The molecular weight excluding hydrogens is 390 g/mol. The molecule has 7 nitrogen and oxygen atoms in total. The van der Waals surface area contributed by atoms with Gasteiger partial charge in [0, 0.05) is 36.3 Å². The molecular formula is C21H26ClN5O2. The van der Waals surface area contributed by atoms with Gasteiger partial charge in [0.2, 0.25) is 5.91 Å². The van der Waals surface area contributed by atoms with Crippen LogP contribution in [0, 0.1) is 0 Å². The molecule has 2 aromatic rings. The molecule has 154 valence electrons. The number of rotatable bonds is 4. The number of piperazine rings is 1. The maximum absolute atomic E-state index is 12.9. The van der Waals surface area contributed by atoms with E-state index in [-0.39, 0.29) is 11.9 Å². The molecule has 1 aliphatic carbocycles. The number of nitrogens with two attached hydrogens (primary N) is 1. The minimum absolute atomic E-state index is 0.0326. The van der Waals surface area contributed by atoms with Gasteiger partial charge < -0.3 is 20.6 Å². The van der Waals surface area contributed by atoms with E-state index in [4.69, 9.17) is 17.3 Å². The summed E-state index contributed by atoms with van der Waals surface area (Å²) >= 11 is 5.92. The van der Waals surface area contributed by atoms with Gasteiger partial charge in [0.1, 0.15) is 12.1 Å². The molecule has 3 atom stereocenters. The Morgan fingerprint density at radius 1 is 1.31 bits per heavy atom.